The highest BCUT2D eigenvalue weighted by atomic mass is 32.2. The number of hydrogen-bond acceptors (Lipinski definition) is 6. The van der Waals surface area contributed by atoms with Gasteiger partial charge in [0.05, 0.1) is 17.2 Å². The average Bonchev–Trinajstić information content (AvgIpc) is 3.42. The van der Waals surface area contributed by atoms with E-state index in [1.165, 1.54) is 17.6 Å². The smallest absolute Gasteiger partial charge is 0.265 e. The van der Waals surface area contributed by atoms with Gasteiger partial charge in [-0.1, -0.05) is 11.3 Å². The van der Waals surface area contributed by atoms with Crippen LogP contribution >= 0.6 is 11.3 Å². The van der Waals surface area contributed by atoms with Gasteiger partial charge in [-0.25, -0.2) is 13.4 Å². The van der Waals surface area contributed by atoms with Crippen LogP contribution < -0.4 is 0 Å². The molecule has 1 saturated heterocycles. The van der Waals surface area contributed by atoms with Crippen molar-refractivity contribution in [1.82, 2.24) is 14.5 Å². The summed E-state index contributed by atoms with van der Waals surface area (Å²) in [6.45, 7) is 2.69. The average molecular weight is 420 g/mol. The Balaban J connectivity index is 1.42. The first-order valence-corrected chi connectivity index (χ1v) is 11.6. The molecule has 3 aromatic rings. The second-order valence-electron chi connectivity index (χ2n) is 6.88. The van der Waals surface area contributed by atoms with Crippen molar-refractivity contribution in [3.8, 4) is 5.13 Å². The lowest BCUT2D eigenvalue weighted by Gasteiger charge is -2.31. The van der Waals surface area contributed by atoms with E-state index < -0.39 is 15.1 Å². The highest BCUT2D eigenvalue weighted by Crippen LogP contribution is 2.27. The number of nitrogens with zero attached hydrogens (tertiary/aromatic N) is 3. The van der Waals surface area contributed by atoms with Crippen molar-refractivity contribution in [2.45, 2.75) is 30.8 Å². The summed E-state index contributed by atoms with van der Waals surface area (Å²) in [6.07, 6.45) is 6.14. The van der Waals surface area contributed by atoms with Crippen LogP contribution in [0.15, 0.2) is 47.3 Å². The molecule has 28 heavy (non-hydrogen) atoms. The Morgan fingerprint density at radius 3 is 2.61 bits per heavy atom. The monoisotopic (exact) mass is 419 g/mol. The van der Waals surface area contributed by atoms with E-state index in [9.17, 15) is 13.2 Å². The summed E-state index contributed by atoms with van der Waals surface area (Å²) in [5.41, 5.74) is 0.700. The predicted octanol–water partition coefficient (Wildman–Crippen LogP) is 3.05. The SMILES string of the molecule is Cc1nc(-n2cccc2)sc1C(=O)N1CCC(S(=O)(=O)Cc2ccco2)CC1. The van der Waals surface area contributed by atoms with Gasteiger partial charge in [-0.15, -0.1) is 0 Å². The number of hydrogen-bond donors (Lipinski definition) is 0. The second kappa shape index (κ2) is 7.56. The Morgan fingerprint density at radius 2 is 1.96 bits per heavy atom. The molecule has 1 aliphatic heterocycles. The number of amides is 1. The quantitative estimate of drug-likeness (QED) is 0.634. The van der Waals surface area contributed by atoms with Gasteiger partial charge in [-0.3, -0.25) is 4.79 Å². The van der Waals surface area contributed by atoms with Crippen LogP contribution in [0.2, 0.25) is 0 Å². The van der Waals surface area contributed by atoms with Gasteiger partial charge in [-0.2, -0.15) is 0 Å². The molecule has 0 radical (unpaired) electrons. The van der Waals surface area contributed by atoms with Crippen molar-refractivity contribution < 1.29 is 17.6 Å². The van der Waals surface area contributed by atoms with E-state index in [0.29, 0.717) is 42.3 Å². The molecule has 0 N–H and O–H groups in total. The molecule has 0 unspecified atom stereocenters. The van der Waals surface area contributed by atoms with Gasteiger partial charge >= 0.3 is 0 Å². The summed E-state index contributed by atoms with van der Waals surface area (Å²) >= 11 is 1.36. The molecule has 0 saturated carbocycles. The van der Waals surface area contributed by atoms with Crippen molar-refractivity contribution in [3.05, 3.63) is 59.3 Å². The van der Waals surface area contributed by atoms with Crippen LogP contribution in [-0.2, 0) is 15.6 Å². The van der Waals surface area contributed by atoms with Crippen LogP contribution in [-0.4, -0.2) is 47.1 Å². The van der Waals surface area contributed by atoms with E-state index in [0.717, 1.165) is 5.13 Å². The van der Waals surface area contributed by atoms with Gasteiger partial charge in [0.25, 0.3) is 5.91 Å². The van der Waals surface area contributed by atoms with Gasteiger partial charge in [-0.05, 0) is 44.0 Å². The first-order chi connectivity index (χ1) is 13.4. The van der Waals surface area contributed by atoms with E-state index in [4.69, 9.17) is 4.42 Å². The van der Waals surface area contributed by atoms with E-state index in [-0.39, 0.29) is 11.7 Å². The Kier molecular flexibility index (Phi) is 5.11. The Hall–Kier alpha value is -2.39. The number of thiazole rings is 1. The molecule has 9 heteroatoms. The summed E-state index contributed by atoms with van der Waals surface area (Å²) < 4.78 is 32.3. The van der Waals surface area contributed by atoms with Crippen molar-refractivity contribution in [1.29, 1.82) is 0 Å². The third kappa shape index (κ3) is 3.77. The number of furan rings is 1. The van der Waals surface area contributed by atoms with E-state index >= 15 is 0 Å². The number of aryl methyl sites for hydroxylation is 1. The van der Waals surface area contributed by atoms with Crippen LogP contribution in [0.25, 0.3) is 5.13 Å². The molecule has 0 bridgehead atoms. The molecule has 1 aliphatic rings. The minimum Gasteiger partial charge on any atom is -0.468 e. The Morgan fingerprint density at radius 1 is 1.25 bits per heavy atom. The number of piperidine rings is 1. The maximum absolute atomic E-state index is 12.9. The molecule has 1 amide bonds. The highest BCUT2D eigenvalue weighted by Gasteiger charge is 2.33. The summed E-state index contributed by atoms with van der Waals surface area (Å²) in [6, 6.07) is 7.18. The molecule has 4 rings (SSSR count). The van der Waals surface area contributed by atoms with Crippen molar-refractivity contribution in [2.75, 3.05) is 13.1 Å². The fraction of sp³-hybridized carbons (Fsp3) is 0.368. The number of carbonyl (C=O) groups excluding carboxylic acids is 1. The lowest BCUT2D eigenvalue weighted by molar-refractivity contribution is 0.0729. The van der Waals surface area contributed by atoms with Crippen LogP contribution in [0.1, 0.15) is 34.0 Å². The molecule has 3 aromatic heterocycles. The number of aromatic nitrogens is 2. The van der Waals surface area contributed by atoms with Crippen LogP contribution in [0.4, 0.5) is 0 Å². The van der Waals surface area contributed by atoms with Gasteiger partial charge in [0.2, 0.25) is 0 Å². The topological polar surface area (TPSA) is 85.4 Å². The lowest BCUT2D eigenvalue weighted by Crippen LogP contribution is -2.42. The van der Waals surface area contributed by atoms with Gasteiger partial charge in [0.15, 0.2) is 15.0 Å². The zero-order valence-corrected chi connectivity index (χ0v) is 17.1. The molecule has 4 heterocycles. The van der Waals surface area contributed by atoms with Gasteiger partial charge in [0.1, 0.15) is 16.4 Å². The zero-order valence-electron chi connectivity index (χ0n) is 15.4. The van der Waals surface area contributed by atoms with Crippen molar-refractivity contribution in [3.63, 3.8) is 0 Å². The van der Waals surface area contributed by atoms with Crippen molar-refractivity contribution in [2.24, 2.45) is 0 Å². The van der Waals surface area contributed by atoms with Gasteiger partial charge in [0, 0.05) is 25.5 Å². The lowest BCUT2D eigenvalue weighted by atomic mass is 10.1. The van der Waals surface area contributed by atoms with Crippen LogP contribution in [0, 0.1) is 6.92 Å². The fourth-order valence-electron chi connectivity index (χ4n) is 3.43. The normalized spacial score (nSPS) is 15.8. The number of rotatable bonds is 5. The van der Waals surface area contributed by atoms with E-state index in [2.05, 4.69) is 4.98 Å². The summed E-state index contributed by atoms with van der Waals surface area (Å²) in [7, 11) is -3.30. The van der Waals surface area contributed by atoms with Crippen molar-refractivity contribution >= 4 is 27.1 Å². The third-order valence-corrected chi connectivity index (χ3v) is 8.30. The molecule has 0 aliphatic carbocycles. The molecule has 7 nitrogen and oxygen atoms in total. The second-order valence-corrected chi connectivity index (χ2v) is 10.1. The largest absolute Gasteiger partial charge is 0.468 e. The first kappa shape index (κ1) is 18.9. The van der Waals surface area contributed by atoms with E-state index in [1.807, 2.05) is 36.0 Å². The number of carbonyl (C=O) groups is 1. The fourth-order valence-corrected chi connectivity index (χ4v) is 6.15. The first-order valence-electron chi connectivity index (χ1n) is 9.08. The standard InChI is InChI=1S/C19H21N3O4S2/c1-14-17(27-19(20-14)22-8-2-3-9-22)18(23)21-10-6-16(7-11-21)28(24,25)13-15-5-4-12-26-15/h2-5,8-9,12,16H,6-7,10-11,13H2,1H3. The highest BCUT2D eigenvalue weighted by molar-refractivity contribution is 7.91. The summed E-state index contributed by atoms with van der Waals surface area (Å²) in [5.74, 6) is 0.291. The zero-order chi connectivity index (χ0) is 19.7. The van der Waals surface area contributed by atoms with Crippen LogP contribution in [0.5, 0.6) is 0 Å². The summed E-state index contributed by atoms with van der Waals surface area (Å²) in [4.78, 5) is 19.8. The minimum atomic E-state index is -3.30. The predicted molar refractivity (Wildman–Crippen MR) is 106 cm³/mol. The minimum absolute atomic E-state index is 0.0738. The molecular weight excluding hydrogens is 398 g/mol. The summed E-state index contributed by atoms with van der Waals surface area (Å²) in [5, 5.41) is 0.307. The maximum Gasteiger partial charge on any atom is 0.265 e. The Bertz CT molecular complexity index is 1050. The van der Waals surface area contributed by atoms with E-state index in [1.54, 1.807) is 17.0 Å². The number of likely N-dealkylation sites (tertiary alicyclic amines) is 1. The Labute approximate surface area is 167 Å². The maximum atomic E-state index is 12.9. The molecule has 1 fully saturated rings. The molecular formula is C19H21N3O4S2. The number of sulfone groups is 1. The third-order valence-electron chi connectivity index (χ3n) is 4.97. The molecule has 0 spiro atoms. The van der Waals surface area contributed by atoms with Crippen LogP contribution in [0.3, 0.4) is 0 Å². The molecule has 0 aromatic carbocycles. The molecule has 148 valence electrons. The van der Waals surface area contributed by atoms with Gasteiger partial charge < -0.3 is 13.9 Å². The molecule has 0 atom stereocenters.